The first kappa shape index (κ1) is 21.1. The molecule has 0 heterocycles. The lowest BCUT2D eigenvalue weighted by Gasteiger charge is -2.26. The molecular weight excluding hydrogens is 338 g/mol. The van der Waals surface area contributed by atoms with Crippen LogP contribution in [0, 0.1) is 5.92 Å². The standard InChI is InChI=1S/C27H39N/c1-5-8-22(6-2)20(4)9-10-21-11-12-24-18-25(14-13-23(24)17-21)26-15-16-27(28,7-3)19-26/h5-6,8,13-14,18,21,26H,2,7,9-12,15-17,19,28H2,1,3-4H3/b8-5-,22-20+. The first-order valence-electron chi connectivity index (χ1n) is 11.3. The smallest absolute Gasteiger partial charge is 0.0157 e. The maximum absolute atomic E-state index is 6.54. The quantitative estimate of drug-likeness (QED) is 0.507. The number of benzene rings is 1. The zero-order valence-electron chi connectivity index (χ0n) is 18.3. The van der Waals surface area contributed by atoms with Crippen molar-refractivity contribution < 1.29 is 0 Å². The predicted molar refractivity (Wildman–Crippen MR) is 123 cm³/mol. The van der Waals surface area contributed by atoms with Crippen LogP contribution in [-0.2, 0) is 12.8 Å². The van der Waals surface area contributed by atoms with Gasteiger partial charge in [0.15, 0.2) is 0 Å². The van der Waals surface area contributed by atoms with Crippen molar-refractivity contribution in [3.63, 3.8) is 0 Å². The Balaban J connectivity index is 1.61. The average molecular weight is 378 g/mol. The minimum absolute atomic E-state index is 0.0777. The highest BCUT2D eigenvalue weighted by Gasteiger charge is 2.35. The van der Waals surface area contributed by atoms with Crippen molar-refractivity contribution >= 4 is 0 Å². The molecule has 2 aliphatic rings. The third-order valence-corrected chi connectivity index (χ3v) is 7.37. The molecular formula is C27H39N. The van der Waals surface area contributed by atoms with E-state index in [1.165, 1.54) is 56.1 Å². The topological polar surface area (TPSA) is 26.0 Å². The van der Waals surface area contributed by atoms with Gasteiger partial charge in [-0.1, -0.05) is 55.5 Å². The van der Waals surface area contributed by atoms with Crippen LogP contribution in [0.4, 0.5) is 0 Å². The summed E-state index contributed by atoms with van der Waals surface area (Å²) in [5, 5.41) is 0. The van der Waals surface area contributed by atoms with Gasteiger partial charge in [0, 0.05) is 5.54 Å². The number of hydrogen-bond donors (Lipinski definition) is 1. The van der Waals surface area contributed by atoms with Crippen LogP contribution in [0.5, 0.6) is 0 Å². The van der Waals surface area contributed by atoms with Crippen molar-refractivity contribution in [3.05, 3.63) is 70.8 Å². The van der Waals surface area contributed by atoms with Gasteiger partial charge < -0.3 is 5.73 Å². The Morgan fingerprint density at radius 1 is 1.29 bits per heavy atom. The van der Waals surface area contributed by atoms with Crippen LogP contribution in [0.1, 0.15) is 88.3 Å². The molecule has 3 atom stereocenters. The summed E-state index contributed by atoms with van der Waals surface area (Å²) >= 11 is 0. The van der Waals surface area contributed by atoms with E-state index >= 15 is 0 Å². The van der Waals surface area contributed by atoms with Crippen molar-refractivity contribution in [1.82, 2.24) is 0 Å². The molecule has 0 saturated heterocycles. The third kappa shape index (κ3) is 4.87. The summed E-state index contributed by atoms with van der Waals surface area (Å²) in [7, 11) is 0. The fourth-order valence-corrected chi connectivity index (χ4v) is 5.24. The van der Waals surface area contributed by atoms with Gasteiger partial charge in [-0.2, -0.15) is 0 Å². The molecule has 152 valence electrons. The molecule has 0 bridgehead atoms. The maximum Gasteiger partial charge on any atom is 0.0157 e. The molecule has 3 unspecified atom stereocenters. The average Bonchev–Trinajstić information content (AvgIpc) is 3.12. The number of fused-ring (bicyclic) bond motifs is 1. The van der Waals surface area contributed by atoms with E-state index in [9.17, 15) is 0 Å². The van der Waals surface area contributed by atoms with Crippen LogP contribution in [0.3, 0.4) is 0 Å². The Bertz CT molecular complexity index is 754. The van der Waals surface area contributed by atoms with Crippen LogP contribution in [-0.4, -0.2) is 5.54 Å². The molecule has 2 N–H and O–H groups in total. The molecule has 1 saturated carbocycles. The summed E-state index contributed by atoms with van der Waals surface area (Å²) in [6.45, 7) is 10.5. The molecule has 1 aromatic carbocycles. The van der Waals surface area contributed by atoms with E-state index < -0.39 is 0 Å². The normalized spacial score (nSPS) is 28.3. The molecule has 2 aliphatic carbocycles. The number of allylic oxidation sites excluding steroid dienone is 5. The Kier molecular flexibility index (Phi) is 6.99. The van der Waals surface area contributed by atoms with Gasteiger partial charge >= 0.3 is 0 Å². The molecule has 1 fully saturated rings. The van der Waals surface area contributed by atoms with Crippen molar-refractivity contribution in [3.8, 4) is 0 Å². The van der Waals surface area contributed by atoms with Crippen molar-refractivity contribution in [1.29, 1.82) is 0 Å². The van der Waals surface area contributed by atoms with Crippen LogP contribution in [0.25, 0.3) is 0 Å². The van der Waals surface area contributed by atoms with E-state index in [1.54, 1.807) is 16.7 Å². The lowest BCUT2D eigenvalue weighted by atomic mass is 9.79. The Morgan fingerprint density at radius 2 is 2.11 bits per heavy atom. The molecule has 1 heteroatoms. The molecule has 28 heavy (non-hydrogen) atoms. The Labute approximate surface area is 172 Å². The number of rotatable bonds is 7. The zero-order valence-corrected chi connectivity index (χ0v) is 18.3. The summed E-state index contributed by atoms with van der Waals surface area (Å²) in [6, 6.07) is 7.35. The second-order valence-corrected chi connectivity index (χ2v) is 9.27. The minimum atomic E-state index is 0.0777. The molecule has 0 spiro atoms. The van der Waals surface area contributed by atoms with E-state index in [-0.39, 0.29) is 5.54 Å². The summed E-state index contributed by atoms with van der Waals surface area (Å²) in [5.41, 5.74) is 14.1. The van der Waals surface area contributed by atoms with Crippen LogP contribution in [0.2, 0.25) is 0 Å². The van der Waals surface area contributed by atoms with Crippen LogP contribution < -0.4 is 5.73 Å². The fraction of sp³-hybridized carbons (Fsp3) is 0.556. The second kappa shape index (κ2) is 9.27. The lowest BCUT2D eigenvalue weighted by molar-refractivity contribution is 0.417. The van der Waals surface area contributed by atoms with Gasteiger partial charge in [0.2, 0.25) is 0 Å². The first-order chi connectivity index (χ1) is 13.5. The summed E-state index contributed by atoms with van der Waals surface area (Å²) < 4.78 is 0. The van der Waals surface area contributed by atoms with Gasteiger partial charge in [-0.3, -0.25) is 0 Å². The fourth-order valence-electron chi connectivity index (χ4n) is 5.24. The first-order valence-corrected chi connectivity index (χ1v) is 11.3. The number of nitrogens with two attached hydrogens (primary N) is 1. The molecule has 0 aromatic heterocycles. The van der Waals surface area contributed by atoms with Gasteiger partial charge in [0.25, 0.3) is 0 Å². The molecule has 1 nitrogen and oxygen atoms in total. The molecule has 1 aromatic rings. The minimum Gasteiger partial charge on any atom is -0.325 e. The molecule has 0 amide bonds. The largest absolute Gasteiger partial charge is 0.325 e. The SMILES string of the molecule is C=CC(/C=C\C)=C(/C)CCC1CCc2cc(C3CCC(N)(CC)C3)ccc2C1. The van der Waals surface area contributed by atoms with Gasteiger partial charge in [0.1, 0.15) is 0 Å². The van der Waals surface area contributed by atoms with E-state index in [0.717, 1.165) is 18.8 Å². The second-order valence-electron chi connectivity index (χ2n) is 9.27. The number of aryl methyl sites for hydroxylation is 1. The lowest BCUT2D eigenvalue weighted by Crippen LogP contribution is -2.35. The van der Waals surface area contributed by atoms with Crippen molar-refractivity contribution in [2.45, 2.75) is 90.0 Å². The summed E-state index contributed by atoms with van der Waals surface area (Å²) in [5.74, 6) is 1.48. The zero-order chi connectivity index (χ0) is 20.1. The van der Waals surface area contributed by atoms with Crippen molar-refractivity contribution in [2.75, 3.05) is 0 Å². The van der Waals surface area contributed by atoms with Gasteiger partial charge in [-0.05, 0) is 106 Å². The highest BCUT2D eigenvalue weighted by Crippen LogP contribution is 2.42. The molecule has 0 aliphatic heterocycles. The third-order valence-electron chi connectivity index (χ3n) is 7.37. The van der Waals surface area contributed by atoms with E-state index in [0.29, 0.717) is 5.92 Å². The van der Waals surface area contributed by atoms with Gasteiger partial charge in [-0.15, -0.1) is 0 Å². The van der Waals surface area contributed by atoms with E-state index in [2.05, 4.69) is 57.7 Å². The Hall–Kier alpha value is -1.60. The van der Waals surface area contributed by atoms with Crippen LogP contribution >= 0.6 is 0 Å². The van der Waals surface area contributed by atoms with E-state index in [1.807, 2.05) is 6.08 Å². The maximum atomic E-state index is 6.54. The number of hydrogen-bond acceptors (Lipinski definition) is 1. The highest BCUT2D eigenvalue weighted by molar-refractivity contribution is 5.37. The van der Waals surface area contributed by atoms with Gasteiger partial charge in [0.05, 0.1) is 0 Å². The summed E-state index contributed by atoms with van der Waals surface area (Å²) in [4.78, 5) is 0. The highest BCUT2D eigenvalue weighted by atomic mass is 14.8. The summed E-state index contributed by atoms with van der Waals surface area (Å²) in [6.07, 6.45) is 17.3. The van der Waals surface area contributed by atoms with Crippen molar-refractivity contribution in [2.24, 2.45) is 11.7 Å². The molecule has 3 rings (SSSR count). The van der Waals surface area contributed by atoms with Crippen LogP contribution in [0.15, 0.2) is 54.2 Å². The van der Waals surface area contributed by atoms with Gasteiger partial charge in [-0.25, -0.2) is 0 Å². The molecule has 0 radical (unpaired) electrons. The predicted octanol–water partition coefficient (Wildman–Crippen LogP) is 7.03. The van der Waals surface area contributed by atoms with E-state index in [4.69, 9.17) is 5.73 Å². The monoisotopic (exact) mass is 377 g/mol. The Morgan fingerprint density at radius 3 is 2.79 bits per heavy atom.